The molecule has 1 heterocycles. The van der Waals surface area contributed by atoms with Crippen molar-refractivity contribution in [2.45, 2.75) is 26.9 Å². The Balaban J connectivity index is 1.85. The number of aryl methyl sites for hydroxylation is 2. The van der Waals surface area contributed by atoms with E-state index >= 15 is 0 Å². The van der Waals surface area contributed by atoms with Crippen molar-refractivity contribution in [3.05, 3.63) is 41.7 Å². The van der Waals surface area contributed by atoms with Crippen LogP contribution in [0, 0.1) is 13.8 Å². The summed E-state index contributed by atoms with van der Waals surface area (Å²) in [6, 6.07) is 8.92. The number of nitrogens with one attached hydrogen (secondary N) is 1. The fourth-order valence-corrected chi connectivity index (χ4v) is 2.12. The normalized spacial score (nSPS) is 11.7. The van der Waals surface area contributed by atoms with Crippen LogP contribution in [0.2, 0.25) is 0 Å². The lowest BCUT2D eigenvalue weighted by molar-refractivity contribution is -0.155. The second-order valence-corrected chi connectivity index (χ2v) is 5.39. The average Bonchev–Trinajstić information content (AvgIpc) is 2.80. The maximum atomic E-state index is 12.2. The molecular weight excluding hydrogens is 310 g/mol. The van der Waals surface area contributed by atoms with E-state index in [1.54, 1.807) is 42.9 Å². The van der Waals surface area contributed by atoms with Gasteiger partial charge >= 0.3 is 5.97 Å². The molecule has 1 N–H and O–H groups in total. The average molecular weight is 331 g/mol. The highest BCUT2D eigenvalue weighted by atomic mass is 16.6. The monoisotopic (exact) mass is 331 g/mol. The number of carbonyl (C=O) groups excluding carboxylic acids is 2. The van der Waals surface area contributed by atoms with Crippen LogP contribution in [0.3, 0.4) is 0 Å². The van der Waals surface area contributed by atoms with E-state index < -0.39 is 18.0 Å². The van der Waals surface area contributed by atoms with Crippen LogP contribution in [-0.4, -0.2) is 34.4 Å². The molecule has 0 aliphatic carbocycles. The molecule has 0 aliphatic rings. The number of ether oxygens (including phenoxy) is 2. The predicted molar refractivity (Wildman–Crippen MR) is 88.8 cm³/mol. The zero-order chi connectivity index (χ0) is 17.7. The Morgan fingerprint density at radius 1 is 1.25 bits per heavy atom. The molecule has 0 saturated heterocycles. The lowest BCUT2D eigenvalue weighted by atomic mass is 10.3. The van der Waals surface area contributed by atoms with Gasteiger partial charge in [-0.15, -0.1) is 0 Å². The van der Waals surface area contributed by atoms with Crippen LogP contribution in [-0.2, 0) is 21.4 Å². The zero-order valence-electron chi connectivity index (χ0n) is 14.2. The summed E-state index contributed by atoms with van der Waals surface area (Å²) in [5.41, 5.74) is 2.16. The number of hydrogen-bond acceptors (Lipinski definition) is 5. The topological polar surface area (TPSA) is 82.5 Å². The lowest BCUT2D eigenvalue weighted by Gasteiger charge is -2.14. The molecule has 2 rings (SSSR count). The molecule has 1 aromatic heterocycles. The molecule has 0 fully saturated rings. The third-order valence-corrected chi connectivity index (χ3v) is 3.53. The third kappa shape index (κ3) is 4.34. The van der Waals surface area contributed by atoms with Gasteiger partial charge in [-0.25, -0.2) is 4.79 Å². The number of para-hydroxylation sites is 1. The van der Waals surface area contributed by atoms with Crippen molar-refractivity contribution in [2.75, 3.05) is 11.9 Å². The molecule has 128 valence electrons. The first kappa shape index (κ1) is 17.5. The number of nitrogens with zero attached hydrogens (tertiary/aromatic N) is 2. The summed E-state index contributed by atoms with van der Waals surface area (Å²) < 4.78 is 12.1. The van der Waals surface area contributed by atoms with Crippen molar-refractivity contribution < 1.29 is 19.1 Å². The fourth-order valence-electron chi connectivity index (χ4n) is 2.12. The number of carbonyl (C=O) groups is 2. The number of aromatic nitrogens is 2. The zero-order valence-corrected chi connectivity index (χ0v) is 14.2. The summed E-state index contributed by atoms with van der Waals surface area (Å²) in [6.45, 7) is 4.90. The Morgan fingerprint density at radius 2 is 1.92 bits per heavy atom. The van der Waals surface area contributed by atoms with Crippen LogP contribution in [0.25, 0.3) is 0 Å². The highest BCUT2D eigenvalue weighted by molar-refractivity contribution is 5.96. The van der Waals surface area contributed by atoms with Gasteiger partial charge < -0.3 is 14.8 Å². The summed E-state index contributed by atoms with van der Waals surface area (Å²) in [5.74, 6) is -0.462. The van der Waals surface area contributed by atoms with E-state index in [-0.39, 0.29) is 6.61 Å². The maximum absolute atomic E-state index is 12.2. The van der Waals surface area contributed by atoms with Crippen molar-refractivity contribution in [2.24, 2.45) is 7.05 Å². The van der Waals surface area contributed by atoms with E-state index in [0.29, 0.717) is 17.1 Å². The smallest absolute Gasteiger partial charge is 0.344 e. The Kier molecular flexibility index (Phi) is 5.57. The van der Waals surface area contributed by atoms with E-state index in [1.165, 1.54) is 6.92 Å². The van der Waals surface area contributed by atoms with E-state index in [2.05, 4.69) is 10.4 Å². The van der Waals surface area contributed by atoms with Gasteiger partial charge in [0.25, 0.3) is 5.91 Å². The van der Waals surface area contributed by atoms with E-state index in [0.717, 1.165) is 5.69 Å². The number of hydrogen-bond donors (Lipinski definition) is 1. The molecule has 0 saturated carbocycles. The first-order valence-electron chi connectivity index (χ1n) is 7.57. The molecule has 7 heteroatoms. The van der Waals surface area contributed by atoms with Gasteiger partial charge in [0.2, 0.25) is 0 Å². The number of rotatable bonds is 6. The minimum Gasteiger partial charge on any atom is -0.482 e. The summed E-state index contributed by atoms with van der Waals surface area (Å²) >= 11 is 0. The number of esters is 1. The molecule has 2 aromatic rings. The second kappa shape index (κ2) is 7.63. The molecule has 0 bridgehead atoms. The van der Waals surface area contributed by atoms with Gasteiger partial charge in [0.1, 0.15) is 5.75 Å². The molecule has 1 atom stereocenters. The van der Waals surface area contributed by atoms with Crippen molar-refractivity contribution in [3.8, 4) is 5.75 Å². The molecule has 7 nitrogen and oxygen atoms in total. The summed E-state index contributed by atoms with van der Waals surface area (Å²) in [7, 11) is 1.79. The summed E-state index contributed by atoms with van der Waals surface area (Å²) in [4.78, 5) is 23.9. The quantitative estimate of drug-likeness (QED) is 0.819. The molecule has 1 aromatic carbocycles. The highest BCUT2D eigenvalue weighted by Crippen LogP contribution is 2.18. The summed E-state index contributed by atoms with van der Waals surface area (Å²) in [5, 5.41) is 6.96. The van der Waals surface area contributed by atoms with Crippen molar-refractivity contribution in [3.63, 3.8) is 0 Å². The van der Waals surface area contributed by atoms with Crippen LogP contribution in [0.15, 0.2) is 30.3 Å². The number of benzene rings is 1. The first-order valence-corrected chi connectivity index (χ1v) is 7.57. The second-order valence-electron chi connectivity index (χ2n) is 5.39. The van der Waals surface area contributed by atoms with Crippen LogP contribution < -0.4 is 10.1 Å². The van der Waals surface area contributed by atoms with Crippen molar-refractivity contribution in [1.29, 1.82) is 0 Å². The standard InChI is InChI=1S/C17H21N3O4/c1-11-16(12(2)20(4)19-11)18-17(22)13(3)24-15(21)10-23-14-8-6-5-7-9-14/h5-9,13H,10H2,1-4H3,(H,18,22)/t13-/m0/s1. The lowest BCUT2D eigenvalue weighted by Crippen LogP contribution is -2.32. The Labute approximate surface area is 140 Å². The Bertz CT molecular complexity index is 725. The van der Waals surface area contributed by atoms with Crippen molar-refractivity contribution in [1.82, 2.24) is 9.78 Å². The molecule has 0 spiro atoms. The SMILES string of the molecule is Cc1nn(C)c(C)c1NC(=O)[C@H](C)OC(=O)COc1ccccc1. The van der Waals surface area contributed by atoms with Gasteiger partial charge in [0, 0.05) is 7.05 Å². The fraction of sp³-hybridized carbons (Fsp3) is 0.353. The maximum Gasteiger partial charge on any atom is 0.344 e. The van der Waals surface area contributed by atoms with Gasteiger partial charge in [-0.2, -0.15) is 5.10 Å². The predicted octanol–water partition coefficient (Wildman–Crippen LogP) is 1.99. The van der Waals surface area contributed by atoms with Crippen molar-refractivity contribution >= 4 is 17.6 Å². The largest absolute Gasteiger partial charge is 0.482 e. The van der Waals surface area contributed by atoms with E-state index in [9.17, 15) is 9.59 Å². The van der Waals surface area contributed by atoms with Gasteiger partial charge in [-0.3, -0.25) is 9.48 Å². The molecule has 0 aliphatic heterocycles. The highest BCUT2D eigenvalue weighted by Gasteiger charge is 2.21. The molecule has 24 heavy (non-hydrogen) atoms. The summed E-state index contributed by atoms with van der Waals surface area (Å²) in [6.07, 6.45) is -0.934. The molecule has 1 amide bonds. The minimum atomic E-state index is -0.934. The van der Waals surface area contributed by atoms with Gasteiger partial charge in [0.15, 0.2) is 12.7 Å². The van der Waals surface area contributed by atoms with Crippen LogP contribution in [0.5, 0.6) is 5.75 Å². The van der Waals surface area contributed by atoms with Gasteiger partial charge in [-0.1, -0.05) is 18.2 Å². The third-order valence-electron chi connectivity index (χ3n) is 3.53. The Hall–Kier alpha value is -2.83. The van der Waals surface area contributed by atoms with Crippen LogP contribution >= 0.6 is 0 Å². The minimum absolute atomic E-state index is 0.257. The van der Waals surface area contributed by atoms with E-state index in [1.807, 2.05) is 13.0 Å². The van der Waals surface area contributed by atoms with E-state index in [4.69, 9.17) is 9.47 Å². The number of anilines is 1. The molecule has 0 unspecified atom stereocenters. The first-order chi connectivity index (χ1) is 11.4. The van der Waals surface area contributed by atoms with Gasteiger partial charge in [-0.05, 0) is 32.9 Å². The van der Waals surface area contributed by atoms with Crippen LogP contribution in [0.4, 0.5) is 5.69 Å². The number of amides is 1. The molecule has 0 radical (unpaired) electrons. The molecular formula is C17H21N3O4. The van der Waals surface area contributed by atoms with Gasteiger partial charge in [0.05, 0.1) is 17.1 Å². The Morgan fingerprint density at radius 3 is 2.50 bits per heavy atom. The van der Waals surface area contributed by atoms with Crippen LogP contribution in [0.1, 0.15) is 18.3 Å².